The minimum Gasteiger partial charge on any atom is -0.394 e. The second kappa shape index (κ2) is 12.9. The van der Waals surface area contributed by atoms with Crippen LogP contribution in [0.1, 0.15) is 64.7 Å². The molecule has 31 heavy (non-hydrogen) atoms. The van der Waals surface area contributed by atoms with Gasteiger partial charge in [-0.05, 0) is 57.1 Å². The topological polar surface area (TPSA) is 137 Å². The Kier molecular flexibility index (Phi) is 10.6. The first kappa shape index (κ1) is 25.5. The molecule has 3 aliphatic rings. The molecule has 9 nitrogen and oxygen atoms in total. The molecular formula is C21H36N4O5S. The summed E-state index contributed by atoms with van der Waals surface area (Å²) < 4.78 is 0. The van der Waals surface area contributed by atoms with Gasteiger partial charge in [0.15, 0.2) is 0 Å². The zero-order chi connectivity index (χ0) is 22.8. The Morgan fingerprint density at radius 1 is 0.839 bits per heavy atom. The van der Waals surface area contributed by atoms with Crippen LogP contribution in [0, 0.1) is 5.92 Å². The van der Waals surface area contributed by atoms with Crippen LogP contribution in [0.3, 0.4) is 0 Å². The lowest BCUT2D eigenvalue weighted by Gasteiger charge is -2.31. The Balaban J connectivity index is 2.14. The summed E-state index contributed by atoms with van der Waals surface area (Å²) in [6.07, 6.45) is 6.55. The number of unbranched alkanes of at least 4 members (excludes halogenated alkanes) is 2. The van der Waals surface area contributed by atoms with E-state index in [2.05, 4.69) is 33.9 Å². The van der Waals surface area contributed by atoms with Crippen LogP contribution in [-0.2, 0) is 19.2 Å². The lowest BCUT2D eigenvalue weighted by molar-refractivity contribution is -0.134. The van der Waals surface area contributed by atoms with Crippen LogP contribution in [0.25, 0.3) is 0 Å². The predicted octanol–water partition coefficient (Wildman–Crippen LogP) is 0.0219. The molecule has 2 aliphatic heterocycles. The largest absolute Gasteiger partial charge is 0.394 e. The molecule has 0 aromatic rings. The van der Waals surface area contributed by atoms with E-state index in [1.807, 2.05) is 0 Å². The molecule has 0 radical (unpaired) electrons. The lowest BCUT2D eigenvalue weighted by atomic mass is 9.83. The molecule has 4 amide bonds. The molecule has 5 N–H and O–H groups in total. The molecule has 1 saturated carbocycles. The van der Waals surface area contributed by atoms with Crippen LogP contribution in [0.15, 0.2) is 0 Å². The number of aliphatic hydroxyl groups is 1. The van der Waals surface area contributed by atoms with Crippen molar-refractivity contribution in [1.82, 2.24) is 21.3 Å². The van der Waals surface area contributed by atoms with E-state index in [-0.39, 0.29) is 30.2 Å². The quantitative estimate of drug-likeness (QED) is 0.190. The highest BCUT2D eigenvalue weighted by Crippen LogP contribution is 2.27. The minimum absolute atomic E-state index is 0.0267. The number of aliphatic hydroxyl groups excluding tert-OH is 1. The monoisotopic (exact) mass is 456 g/mol. The molecule has 0 unspecified atom stereocenters. The van der Waals surface area contributed by atoms with E-state index in [0.29, 0.717) is 6.42 Å². The molecule has 3 atom stereocenters. The Labute approximate surface area is 189 Å². The molecule has 3 fully saturated rings. The van der Waals surface area contributed by atoms with Crippen molar-refractivity contribution in [1.29, 1.82) is 0 Å². The number of thiol groups is 1. The van der Waals surface area contributed by atoms with Crippen molar-refractivity contribution in [3.05, 3.63) is 0 Å². The molecule has 1 aliphatic carbocycles. The summed E-state index contributed by atoms with van der Waals surface area (Å²) in [5.41, 5.74) is 0. The SMILES string of the molecule is C[C@H]1NC(=O)[C@H](CO)NC(=O)CC2CCC(CC2)NC(=O)[C@H](CCCCCS)NC1=O. The number of hydrogen-bond acceptors (Lipinski definition) is 6. The van der Waals surface area contributed by atoms with Crippen molar-refractivity contribution in [2.24, 2.45) is 5.92 Å². The van der Waals surface area contributed by atoms with Crippen molar-refractivity contribution in [3.8, 4) is 0 Å². The van der Waals surface area contributed by atoms with Gasteiger partial charge in [-0.1, -0.05) is 12.8 Å². The van der Waals surface area contributed by atoms with Crippen molar-refractivity contribution >= 4 is 36.3 Å². The molecule has 0 aromatic heterocycles. The molecule has 10 heteroatoms. The van der Waals surface area contributed by atoms with Crippen LogP contribution in [0.5, 0.6) is 0 Å². The highest BCUT2D eigenvalue weighted by molar-refractivity contribution is 7.80. The van der Waals surface area contributed by atoms with E-state index in [1.165, 1.54) is 6.92 Å². The number of fused-ring (bicyclic) bond motifs is 13. The van der Waals surface area contributed by atoms with E-state index in [0.717, 1.165) is 50.7 Å². The van der Waals surface area contributed by atoms with Gasteiger partial charge >= 0.3 is 0 Å². The van der Waals surface area contributed by atoms with Gasteiger partial charge in [0, 0.05) is 12.5 Å². The van der Waals surface area contributed by atoms with Crippen molar-refractivity contribution in [2.45, 2.75) is 88.9 Å². The van der Waals surface area contributed by atoms with Crippen molar-refractivity contribution < 1.29 is 24.3 Å². The Bertz CT molecular complexity index is 639. The summed E-state index contributed by atoms with van der Waals surface area (Å²) in [6.45, 7) is 0.944. The highest BCUT2D eigenvalue weighted by atomic mass is 32.1. The Hall–Kier alpha value is -1.81. The zero-order valence-corrected chi connectivity index (χ0v) is 19.1. The number of rotatable bonds is 6. The average molecular weight is 457 g/mol. The van der Waals surface area contributed by atoms with E-state index in [9.17, 15) is 24.3 Å². The third-order valence-corrected chi connectivity index (χ3v) is 6.35. The third kappa shape index (κ3) is 8.33. The summed E-state index contributed by atoms with van der Waals surface area (Å²) in [5.74, 6) is -0.672. The third-order valence-electron chi connectivity index (χ3n) is 6.04. The van der Waals surface area contributed by atoms with Crippen LogP contribution < -0.4 is 21.3 Å². The van der Waals surface area contributed by atoms with E-state index < -0.39 is 36.5 Å². The van der Waals surface area contributed by atoms with Gasteiger partial charge in [0.25, 0.3) is 0 Å². The molecule has 0 spiro atoms. The normalized spacial score (nSPS) is 30.9. The van der Waals surface area contributed by atoms with Gasteiger partial charge in [-0.2, -0.15) is 12.6 Å². The summed E-state index contributed by atoms with van der Waals surface area (Å²) in [6, 6.07) is -2.69. The van der Waals surface area contributed by atoms with Gasteiger partial charge in [0.2, 0.25) is 23.6 Å². The van der Waals surface area contributed by atoms with E-state index in [1.54, 1.807) is 0 Å². The fraction of sp³-hybridized carbons (Fsp3) is 0.810. The van der Waals surface area contributed by atoms with Gasteiger partial charge < -0.3 is 26.4 Å². The summed E-state index contributed by atoms with van der Waals surface area (Å²) in [7, 11) is 0. The summed E-state index contributed by atoms with van der Waals surface area (Å²) in [5, 5.41) is 20.4. The molecule has 3 rings (SSSR count). The number of hydrogen-bond donors (Lipinski definition) is 6. The van der Waals surface area contributed by atoms with Crippen LogP contribution in [-0.4, -0.2) is 65.3 Å². The lowest BCUT2D eigenvalue weighted by Crippen LogP contribution is -2.57. The Morgan fingerprint density at radius 2 is 1.52 bits per heavy atom. The van der Waals surface area contributed by atoms with Crippen molar-refractivity contribution in [2.75, 3.05) is 12.4 Å². The highest BCUT2D eigenvalue weighted by Gasteiger charge is 2.31. The van der Waals surface area contributed by atoms with Gasteiger partial charge in [0.05, 0.1) is 6.61 Å². The number of carbonyl (C=O) groups excluding carboxylic acids is 4. The van der Waals surface area contributed by atoms with E-state index >= 15 is 0 Å². The summed E-state index contributed by atoms with van der Waals surface area (Å²) in [4.78, 5) is 50.3. The number of nitrogens with one attached hydrogen (secondary N) is 4. The molecule has 0 aromatic carbocycles. The van der Waals surface area contributed by atoms with Crippen LogP contribution in [0.2, 0.25) is 0 Å². The average Bonchev–Trinajstić information content (AvgIpc) is 2.74. The first-order valence-electron chi connectivity index (χ1n) is 11.3. The first-order chi connectivity index (χ1) is 14.8. The van der Waals surface area contributed by atoms with Crippen molar-refractivity contribution in [3.63, 3.8) is 0 Å². The zero-order valence-electron chi connectivity index (χ0n) is 18.2. The standard InChI is InChI=1S/C21H36N4O5S/c1-13-19(28)25-16(5-3-2-4-10-31)20(29)23-15-8-6-14(7-9-15)11-18(27)24-17(12-26)21(30)22-13/h13-17,26,31H,2-12H2,1H3,(H,22,30)(H,23,29)(H,24,27)(H,25,28)/t13-,14?,15?,16+,17+/m1/s1. The number of carbonyl (C=O) groups is 4. The van der Waals surface area contributed by atoms with Gasteiger partial charge in [-0.15, -0.1) is 0 Å². The van der Waals surface area contributed by atoms with Crippen LogP contribution in [0.4, 0.5) is 0 Å². The van der Waals surface area contributed by atoms with Crippen LogP contribution >= 0.6 is 12.6 Å². The second-order valence-corrected chi connectivity index (χ2v) is 9.04. The Morgan fingerprint density at radius 3 is 2.16 bits per heavy atom. The molecule has 2 heterocycles. The van der Waals surface area contributed by atoms with Gasteiger partial charge in [0.1, 0.15) is 18.1 Å². The predicted molar refractivity (Wildman–Crippen MR) is 119 cm³/mol. The second-order valence-electron chi connectivity index (χ2n) is 8.60. The minimum atomic E-state index is -1.12. The first-order valence-corrected chi connectivity index (χ1v) is 11.9. The number of amides is 4. The van der Waals surface area contributed by atoms with E-state index in [4.69, 9.17) is 0 Å². The fourth-order valence-electron chi connectivity index (χ4n) is 4.10. The maximum absolute atomic E-state index is 12.9. The maximum atomic E-state index is 12.9. The van der Waals surface area contributed by atoms with Gasteiger partial charge in [-0.25, -0.2) is 0 Å². The smallest absolute Gasteiger partial charge is 0.245 e. The fourth-order valence-corrected chi connectivity index (χ4v) is 4.33. The molecule has 2 saturated heterocycles. The van der Waals surface area contributed by atoms with Gasteiger partial charge in [-0.3, -0.25) is 19.2 Å². The molecule has 2 bridgehead atoms. The summed E-state index contributed by atoms with van der Waals surface area (Å²) >= 11 is 4.20. The maximum Gasteiger partial charge on any atom is 0.245 e. The molecule has 176 valence electrons. The molecular weight excluding hydrogens is 420 g/mol.